The van der Waals surface area contributed by atoms with Crippen molar-refractivity contribution in [2.24, 2.45) is 0 Å². The van der Waals surface area contributed by atoms with Gasteiger partial charge in [0.25, 0.3) is 0 Å². The first kappa shape index (κ1) is 16.8. The van der Waals surface area contributed by atoms with Crippen molar-refractivity contribution in [3.63, 3.8) is 0 Å². The number of benzene rings is 1. The molecule has 0 atom stereocenters. The molecule has 0 saturated heterocycles. The van der Waals surface area contributed by atoms with Gasteiger partial charge < -0.3 is 14.8 Å². The van der Waals surface area contributed by atoms with E-state index in [1.807, 2.05) is 36.4 Å². The Balaban J connectivity index is 1.60. The zero-order chi connectivity index (χ0) is 15.8. The lowest BCUT2D eigenvalue weighted by molar-refractivity contribution is -0.121. The van der Waals surface area contributed by atoms with Gasteiger partial charge in [-0.3, -0.25) is 4.79 Å². The van der Waals surface area contributed by atoms with E-state index in [1.54, 1.807) is 18.4 Å². The number of nitrogens with one attached hydrogen (secondary N) is 1. The molecule has 1 N–H and O–H groups in total. The highest BCUT2D eigenvalue weighted by atomic mass is 79.9. The molecule has 0 saturated carbocycles. The summed E-state index contributed by atoms with van der Waals surface area (Å²) in [6.07, 6.45) is 1.15. The lowest BCUT2D eigenvalue weighted by Gasteiger charge is -2.07. The minimum absolute atomic E-state index is 0.0443. The molecule has 1 heterocycles. The molecule has 2 aromatic rings. The summed E-state index contributed by atoms with van der Waals surface area (Å²) in [5.41, 5.74) is 0. The van der Waals surface area contributed by atoms with E-state index in [1.165, 1.54) is 0 Å². The van der Waals surface area contributed by atoms with Crippen LogP contribution in [0.4, 0.5) is 0 Å². The van der Waals surface area contributed by atoms with Crippen LogP contribution in [0.1, 0.15) is 17.7 Å². The molecule has 0 aliphatic heterocycles. The predicted octanol–water partition coefficient (Wildman–Crippen LogP) is 3.99. The Morgan fingerprint density at radius 3 is 2.55 bits per heavy atom. The second-order valence-corrected chi connectivity index (χ2v) is 7.16. The van der Waals surface area contributed by atoms with Crippen molar-refractivity contribution in [1.29, 1.82) is 0 Å². The third-order valence-corrected chi connectivity index (χ3v) is 4.59. The quantitative estimate of drug-likeness (QED) is 0.700. The lowest BCUT2D eigenvalue weighted by Crippen LogP contribution is -2.22. The van der Waals surface area contributed by atoms with Crippen LogP contribution in [0.3, 0.4) is 0 Å². The minimum Gasteiger partial charge on any atom is -0.497 e. The van der Waals surface area contributed by atoms with E-state index in [4.69, 9.17) is 9.47 Å². The van der Waals surface area contributed by atoms with Gasteiger partial charge in [0.05, 0.1) is 24.0 Å². The first-order valence-corrected chi connectivity index (χ1v) is 8.56. The molecule has 1 amide bonds. The molecule has 2 rings (SSSR count). The summed E-state index contributed by atoms with van der Waals surface area (Å²) in [6, 6.07) is 11.4. The monoisotopic (exact) mass is 383 g/mol. The number of ether oxygens (including phenoxy) is 2. The Bertz CT molecular complexity index is 598. The van der Waals surface area contributed by atoms with Crippen LogP contribution in [0, 0.1) is 0 Å². The molecule has 0 aliphatic carbocycles. The highest BCUT2D eigenvalue weighted by molar-refractivity contribution is 9.11. The van der Waals surface area contributed by atoms with Gasteiger partial charge in [-0.25, -0.2) is 0 Å². The van der Waals surface area contributed by atoms with Crippen molar-refractivity contribution < 1.29 is 14.3 Å². The summed E-state index contributed by atoms with van der Waals surface area (Å²) < 4.78 is 11.7. The molecule has 6 heteroatoms. The SMILES string of the molecule is COc1ccc(OCCCC(=O)NCc2ccc(Br)s2)cc1. The molecule has 1 aromatic heterocycles. The van der Waals surface area contributed by atoms with Gasteiger partial charge in [0.1, 0.15) is 11.5 Å². The van der Waals surface area contributed by atoms with Gasteiger partial charge in [-0.05, 0) is 58.7 Å². The van der Waals surface area contributed by atoms with Gasteiger partial charge >= 0.3 is 0 Å². The van der Waals surface area contributed by atoms with Crippen LogP contribution in [0.15, 0.2) is 40.2 Å². The molecule has 0 unspecified atom stereocenters. The number of rotatable bonds is 8. The molecule has 0 bridgehead atoms. The standard InChI is InChI=1S/C16H18BrNO3S/c1-20-12-4-6-13(7-5-12)21-10-2-3-16(19)18-11-14-8-9-15(17)22-14/h4-9H,2-3,10-11H2,1H3,(H,18,19). The summed E-state index contributed by atoms with van der Waals surface area (Å²) in [5, 5.41) is 2.90. The number of amides is 1. The zero-order valence-electron chi connectivity index (χ0n) is 12.3. The second kappa shape index (κ2) is 8.80. The zero-order valence-corrected chi connectivity index (χ0v) is 14.7. The fourth-order valence-electron chi connectivity index (χ4n) is 1.82. The third kappa shape index (κ3) is 5.69. The first-order chi connectivity index (χ1) is 10.7. The van der Waals surface area contributed by atoms with Crippen LogP contribution >= 0.6 is 27.3 Å². The van der Waals surface area contributed by atoms with Gasteiger partial charge in [-0.15, -0.1) is 11.3 Å². The van der Waals surface area contributed by atoms with Crippen LogP contribution < -0.4 is 14.8 Å². The fraction of sp³-hybridized carbons (Fsp3) is 0.312. The van der Waals surface area contributed by atoms with Gasteiger partial charge in [0.15, 0.2) is 0 Å². The largest absolute Gasteiger partial charge is 0.497 e. The Kier molecular flexibility index (Phi) is 6.74. The summed E-state index contributed by atoms with van der Waals surface area (Å²) >= 11 is 5.03. The normalized spacial score (nSPS) is 10.3. The van der Waals surface area contributed by atoms with Crippen LogP contribution in [0.2, 0.25) is 0 Å². The average Bonchev–Trinajstić information content (AvgIpc) is 2.96. The van der Waals surface area contributed by atoms with Gasteiger partial charge in [0, 0.05) is 11.3 Å². The number of carbonyl (C=O) groups is 1. The maximum absolute atomic E-state index is 11.7. The van der Waals surface area contributed by atoms with Crippen LogP contribution in [0.5, 0.6) is 11.5 Å². The molecule has 4 nitrogen and oxygen atoms in total. The topological polar surface area (TPSA) is 47.6 Å². The minimum atomic E-state index is 0.0443. The van der Waals surface area contributed by atoms with Gasteiger partial charge in [-0.2, -0.15) is 0 Å². The molecule has 1 aromatic carbocycles. The number of hydrogen-bond acceptors (Lipinski definition) is 4. The Labute approximate surface area is 142 Å². The Hall–Kier alpha value is -1.53. The molecule has 0 radical (unpaired) electrons. The number of halogens is 1. The van der Waals surface area contributed by atoms with E-state index in [2.05, 4.69) is 21.2 Å². The molecule has 22 heavy (non-hydrogen) atoms. The Morgan fingerprint density at radius 2 is 1.91 bits per heavy atom. The summed E-state index contributed by atoms with van der Waals surface area (Å²) in [7, 11) is 1.63. The highest BCUT2D eigenvalue weighted by Crippen LogP contribution is 2.21. The van der Waals surface area contributed by atoms with E-state index < -0.39 is 0 Å². The van der Waals surface area contributed by atoms with Crippen molar-refractivity contribution >= 4 is 33.2 Å². The lowest BCUT2D eigenvalue weighted by atomic mass is 10.3. The highest BCUT2D eigenvalue weighted by Gasteiger charge is 2.03. The van der Waals surface area contributed by atoms with Gasteiger partial charge in [-0.1, -0.05) is 0 Å². The van der Waals surface area contributed by atoms with Crippen molar-refractivity contribution in [2.75, 3.05) is 13.7 Å². The smallest absolute Gasteiger partial charge is 0.220 e. The van der Waals surface area contributed by atoms with Crippen LogP contribution in [0.25, 0.3) is 0 Å². The van der Waals surface area contributed by atoms with E-state index in [0.717, 1.165) is 20.2 Å². The van der Waals surface area contributed by atoms with Crippen LogP contribution in [-0.2, 0) is 11.3 Å². The maximum atomic E-state index is 11.7. The van der Waals surface area contributed by atoms with Crippen molar-refractivity contribution in [3.8, 4) is 11.5 Å². The van der Waals surface area contributed by atoms with E-state index in [-0.39, 0.29) is 5.91 Å². The summed E-state index contributed by atoms with van der Waals surface area (Å²) in [5.74, 6) is 1.62. The Morgan fingerprint density at radius 1 is 1.18 bits per heavy atom. The average molecular weight is 384 g/mol. The fourth-order valence-corrected chi connectivity index (χ4v) is 3.24. The van der Waals surface area contributed by atoms with Crippen molar-refractivity contribution in [2.45, 2.75) is 19.4 Å². The number of thiophene rings is 1. The van der Waals surface area contributed by atoms with Gasteiger partial charge in [0.2, 0.25) is 5.91 Å². The van der Waals surface area contributed by atoms with E-state index >= 15 is 0 Å². The molecule has 0 fully saturated rings. The molecular formula is C16H18BrNO3S. The third-order valence-electron chi connectivity index (χ3n) is 2.96. The second-order valence-electron chi connectivity index (χ2n) is 4.61. The maximum Gasteiger partial charge on any atom is 0.220 e. The molecular weight excluding hydrogens is 366 g/mol. The first-order valence-electron chi connectivity index (χ1n) is 6.95. The van der Waals surface area contributed by atoms with E-state index in [0.29, 0.717) is 26.0 Å². The number of hydrogen-bond donors (Lipinski definition) is 1. The molecule has 118 valence electrons. The predicted molar refractivity (Wildman–Crippen MR) is 91.6 cm³/mol. The molecule has 0 spiro atoms. The van der Waals surface area contributed by atoms with Crippen molar-refractivity contribution in [1.82, 2.24) is 5.32 Å². The summed E-state index contributed by atoms with van der Waals surface area (Å²) in [6.45, 7) is 1.10. The molecule has 0 aliphatic rings. The summed E-state index contributed by atoms with van der Waals surface area (Å²) in [4.78, 5) is 12.9. The van der Waals surface area contributed by atoms with E-state index in [9.17, 15) is 4.79 Å². The van der Waals surface area contributed by atoms with Crippen LogP contribution in [-0.4, -0.2) is 19.6 Å². The number of carbonyl (C=O) groups excluding carboxylic acids is 1. The number of methoxy groups -OCH3 is 1. The van der Waals surface area contributed by atoms with Crippen molar-refractivity contribution in [3.05, 3.63) is 45.1 Å².